The Morgan fingerprint density at radius 2 is 0.818 bits per heavy atom. The van der Waals surface area contributed by atoms with E-state index in [1.54, 1.807) is 58.5 Å². The lowest BCUT2D eigenvalue weighted by Gasteiger charge is -2.37. The number of amides is 7. The summed E-state index contributed by atoms with van der Waals surface area (Å²) >= 11 is 0. The molecule has 0 radical (unpaired) electrons. The Kier molecular flexibility index (Phi) is 34.0. The van der Waals surface area contributed by atoms with Gasteiger partial charge in [-0.15, -0.1) is 0 Å². The molecule has 0 bridgehead atoms. The van der Waals surface area contributed by atoms with Crippen LogP contribution in [0.1, 0.15) is 177 Å². The molecule has 8 atom stereocenters. The normalized spacial score (nSPS) is 17.5. The number of nitrogens with one attached hydrogen (secondary N) is 3. The summed E-state index contributed by atoms with van der Waals surface area (Å²) in [7, 11) is 6.35. The standard InChI is InChI=1S/C37H52N4O7.C32H44N4O5.C17H30N2O2/c1-26(2)32(40(7)35(45)30(23-27-17-11-8-12-18-27)39(6)36(46)48-37(3,4)5)33(43)38-29(34(44)41-21-15-10-16-22-41)24-31(42)47-25-28-19-13-9-14-20-28;1-23(2)29(35(4)31(39)26(33-3)20-24-14-8-5-9-15-24)30(38)34-27(32(40)36-18-12-7-13-19-36)21-28(37)41-22-25-16-10-6-11-17-25;1-15(2,3)11-9-20-13(18-11)17(7,8)14-19-12(10-21-14)16(4,5)6/h8-9,11-14,17-20,26,29-30,32H,10,15-16,21-25H2,1-7H3,(H,38,43);5-6,8-11,14-17,23,26-27,29,33H,7,12-13,18-22H2,1-4H3,(H,34,38);11-12H,9-10H2,1-8H3/t29-,30?,32-;26?,27-,29-;11-,12-/m001/s1. The molecule has 4 heterocycles. The summed E-state index contributed by atoms with van der Waals surface area (Å²) in [6.07, 6.45) is 4.82. The van der Waals surface area contributed by atoms with Crippen LogP contribution in [0, 0.1) is 28.1 Å². The summed E-state index contributed by atoms with van der Waals surface area (Å²) in [4.78, 5) is 139. The van der Waals surface area contributed by atoms with Crippen LogP contribution in [0.15, 0.2) is 131 Å². The third kappa shape index (κ3) is 27.4. The summed E-state index contributed by atoms with van der Waals surface area (Å²) in [5.74, 6) is -2.71. The lowest BCUT2D eigenvalue weighted by Crippen LogP contribution is -2.60. The summed E-state index contributed by atoms with van der Waals surface area (Å²) < 4.78 is 28.2. The Morgan fingerprint density at radius 3 is 1.15 bits per heavy atom. The van der Waals surface area contributed by atoms with E-state index in [-0.39, 0.29) is 90.4 Å². The molecule has 4 aliphatic rings. The van der Waals surface area contributed by atoms with Crippen LogP contribution in [0.3, 0.4) is 0 Å². The topological polar surface area (TPSA) is 277 Å². The van der Waals surface area contributed by atoms with Crippen molar-refractivity contribution in [3.63, 3.8) is 0 Å². The smallest absolute Gasteiger partial charge is 0.410 e. The van der Waals surface area contributed by atoms with E-state index >= 15 is 0 Å². The second-order valence-corrected chi connectivity index (χ2v) is 33.6. The molecule has 4 aromatic rings. The zero-order chi connectivity index (χ0) is 81.3. The van der Waals surface area contributed by atoms with E-state index in [0.717, 1.165) is 72.6 Å². The average Bonchev–Trinajstić information content (AvgIpc) is 1.59. The van der Waals surface area contributed by atoms with E-state index in [1.807, 2.05) is 135 Å². The average molecular weight is 1520 g/mol. The van der Waals surface area contributed by atoms with Gasteiger partial charge in [0.25, 0.3) is 0 Å². The molecule has 0 saturated carbocycles. The molecular formula is C86H126N10O14. The zero-order valence-corrected chi connectivity index (χ0v) is 68.9. The highest BCUT2D eigenvalue weighted by atomic mass is 16.6. The van der Waals surface area contributed by atoms with Crippen LogP contribution >= 0.6 is 0 Å². The first-order chi connectivity index (χ1) is 51.8. The number of benzene rings is 4. The van der Waals surface area contributed by atoms with Gasteiger partial charge in [-0.05, 0) is 132 Å². The Hall–Kier alpha value is -9.19. The number of hydrogen-bond acceptors (Lipinski definition) is 17. The Labute approximate surface area is 653 Å². The molecule has 8 rings (SSSR count). The first kappa shape index (κ1) is 89.7. The van der Waals surface area contributed by atoms with Crippen molar-refractivity contribution >= 4 is 65.3 Å². The van der Waals surface area contributed by atoms with Crippen molar-refractivity contribution in [1.29, 1.82) is 0 Å². The van der Waals surface area contributed by atoms with Gasteiger partial charge in [0.15, 0.2) is 11.8 Å². The lowest BCUT2D eigenvalue weighted by atomic mass is 9.87. The molecule has 4 aromatic carbocycles. The van der Waals surface area contributed by atoms with Gasteiger partial charge in [-0.2, -0.15) is 0 Å². The number of likely N-dealkylation sites (N-methyl/N-ethyl adjacent to an activating group) is 4. The van der Waals surface area contributed by atoms with Crippen LogP contribution in [0.5, 0.6) is 0 Å². The molecule has 4 aliphatic heterocycles. The Balaban J connectivity index is 0.000000275. The van der Waals surface area contributed by atoms with E-state index in [4.69, 9.17) is 33.7 Å². The highest BCUT2D eigenvalue weighted by Gasteiger charge is 2.46. The van der Waals surface area contributed by atoms with Gasteiger partial charge >= 0.3 is 18.0 Å². The number of carbonyl (C=O) groups is 9. The van der Waals surface area contributed by atoms with Crippen molar-refractivity contribution in [2.75, 3.05) is 67.6 Å². The van der Waals surface area contributed by atoms with Crippen molar-refractivity contribution in [2.45, 2.75) is 235 Å². The number of esters is 2. The van der Waals surface area contributed by atoms with E-state index in [0.29, 0.717) is 45.8 Å². The van der Waals surface area contributed by atoms with Crippen molar-refractivity contribution in [3.8, 4) is 0 Å². The number of rotatable bonds is 28. The molecule has 7 amide bonds. The van der Waals surface area contributed by atoms with E-state index < -0.39 is 77.6 Å². The maximum absolute atomic E-state index is 14.2. The van der Waals surface area contributed by atoms with Gasteiger partial charge in [0, 0.05) is 53.7 Å². The minimum absolute atomic E-state index is 0.0398. The number of aliphatic imine (C=N–C) groups is 2. The fraction of sp³-hybridized carbons (Fsp3) is 0.593. The minimum Gasteiger partial charge on any atom is -0.478 e. The van der Waals surface area contributed by atoms with Crippen molar-refractivity contribution in [1.82, 2.24) is 40.4 Å². The van der Waals surface area contributed by atoms with Gasteiger partial charge in [0.1, 0.15) is 67.7 Å². The molecule has 0 aliphatic carbocycles. The third-order valence-corrected chi connectivity index (χ3v) is 20.1. The molecule has 0 aromatic heterocycles. The number of piperidine rings is 2. The van der Waals surface area contributed by atoms with Crippen molar-refractivity contribution in [2.24, 2.45) is 38.1 Å². The van der Waals surface area contributed by atoms with Crippen molar-refractivity contribution in [3.05, 3.63) is 144 Å². The molecule has 3 N–H and O–H groups in total. The molecule has 110 heavy (non-hydrogen) atoms. The molecule has 2 saturated heterocycles. The zero-order valence-electron chi connectivity index (χ0n) is 68.9. The molecule has 0 spiro atoms. The van der Waals surface area contributed by atoms with Crippen LogP contribution in [0.4, 0.5) is 4.79 Å². The van der Waals surface area contributed by atoms with Crippen molar-refractivity contribution < 1.29 is 66.8 Å². The van der Waals surface area contributed by atoms with Gasteiger partial charge in [-0.1, -0.05) is 191 Å². The molecule has 2 unspecified atom stereocenters. The van der Waals surface area contributed by atoms with Gasteiger partial charge in [-0.3, -0.25) is 43.3 Å². The van der Waals surface area contributed by atoms with Gasteiger partial charge in [0.2, 0.25) is 35.4 Å². The van der Waals surface area contributed by atoms with Crippen LogP contribution in [-0.4, -0.2) is 211 Å². The first-order valence-corrected chi connectivity index (χ1v) is 39.0. The third-order valence-electron chi connectivity index (χ3n) is 20.1. The summed E-state index contributed by atoms with van der Waals surface area (Å²) in [5, 5.41) is 8.70. The van der Waals surface area contributed by atoms with Crippen LogP contribution in [-0.2, 0) is 88.1 Å². The number of likely N-dealkylation sites (tertiary alicyclic amines) is 2. The fourth-order valence-corrected chi connectivity index (χ4v) is 13.4. The number of nitrogens with zero attached hydrogens (tertiary/aromatic N) is 7. The largest absolute Gasteiger partial charge is 0.478 e. The van der Waals surface area contributed by atoms with Gasteiger partial charge in [-0.25, -0.2) is 14.8 Å². The number of carbonyl (C=O) groups excluding carboxylic acids is 9. The number of ether oxygens (including phenoxy) is 5. The Bertz CT molecular complexity index is 3650. The molecule has 24 heteroatoms. The summed E-state index contributed by atoms with van der Waals surface area (Å²) in [6.45, 7) is 33.5. The monoisotopic (exact) mass is 1520 g/mol. The van der Waals surface area contributed by atoms with Gasteiger partial charge < -0.3 is 59.2 Å². The van der Waals surface area contributed by atoms with E-state index in [2.05, 4.69) is 71.3 Å². The molecule has 604 valence electrons. The highest BCUT2D eigenvalue weighted by molar-refractivity contribution is 6.05. The number of hydrogen-bond donors (Lipinski definition) is 3. The minimum atomic E-state index is -1.17. The first-order valence-electron chi connectivity index (χ1n) is 39.0. The van der Waals surface area contributed by atoms with Gasteiger partial charge in [0.05, 0.1) is 31.0 Å². The highest BCUT2D eigenvalue weighted by Crippen LogP contribution is 2.36. The van der Waals surface area contributed by atoms with E-state index in [1.165, 1.54) is 28.8 Å². The molecule has 2 fully saturated rings. The predicted molar refractivity (Wildman–Crippen MR) is 427 cm³/mol. The molecular weight excluding hydrogens is 1400 g/mol. The van der Waals surface area contributed by atoms with E-state index in [9.17, 15) is 43.2 Å². The second-order valence-electron chi connectivity index (χ2n) is 33.6. The second kappa shape index (κ2) is 41.7. The Morgan fingerprint density at radius 1 is 0.473 bits per heavy atom. The predicted octanol–water partition coefficient (Wildman–Crippen LogP) is 11.2. The quantitative estimate of drug-likeness (QED) is 0.0352. The SMILES string of the molecule is CC(C)(C1=N[C@@H](C(C)(C)C)CO1)C1=N[C@@H](C(C)(C)C)CO1.CC(C)[C@@H](C(=O)N[C@@H](CC(=O)OCc1ccccc1)C(=O)N1CCCCC1)N(C)C(=O)C(Cc1ccccc1)N(C)C(=O)OC(C)(C)C.CNC(Cc1ccccc1)C(=O)N(C)[C@H](C(=O)N[C@@H](CC(=O)OCc1ccccc1)C(=O)N1CCCCC1)C(C)C. The lowest BCUT2D eigenvalue weighted by molar-refractivity contribution is -0.151. The van der Waals surface area contributed by atoms with Crippen LogP contribution in [0.25, 0.3) is 0 Å². The maximum Gasteiger partial charge on any atom is 0.410 e. The maximum atomic E-state index is 14.2. The molecule has 24 nitrogen and oxygen atoms in total. The summed E-state index contributed by atoms with van der Waals surface area (Å²) in [5.41, 5.74) is 2.52. The summed E-state index contributed by atoms with van der Waals surface area (Å²) in [6, 6.07) is 32.2. The fourth-order valence-electron chi connectivity index (χ4n) is 13.4. The van der Waals surface area contributed by atoms with Crippen LogP contribution < -0.4 is 16.0 Å². The van der Waals surface area contributed by atoms with Crippen LogP contribution in [0.2, 0.25) is 0 Å².